The monoisotopic (exact) mass is 203 g/mol. The molecule has 2 rings (SSSR count). The van der Waals surface area contributed by atoms with Gasteiger partial charge in [-0.05, 0) is 16.7 Å². The van der Waals surface area contributed by atoms with Crippen molar-refractivity contribution in [3.63, 3.8) is 0 Å². The van der Waals surface area contributed by atoms with Crippen molar-refractivity contribution >= 4 is 5.88 Å². The van der Waals surface area contributed by atoms with Crippen molar-refractivity contribution in [3.8, 4) is 11.1 Å². The van der Waals surface area contributed by atoms with E-state index in [1.807, 2.05) is 30.3 Å². The highest BCUT2D eigenvalue weighted by atomic mass is 16.7. The van der Waals surface area contributed by atoms with Crippen molar-refractivity contribution < 1.29 is 9.45 Å². The lowest BCUT2D eigenvalue weighted by molar-refractivity contribution is -0.420. The lowest BCUT2D eigenvalue weighted by atomic mass is 10.1. The normalized spacial score (nSPS) is 9.87. The van der Waals surface area contributed by atoms with Gasteiger partial charge in [0.2, 0.25) is 0 Å². The topological polar surface area (TPSA) is 70.4 Å². The summed E-state index contributed by atoms with van der Waals surface area (Å²) in [5.74, 6) is 0.0196. The molecule has 5 nitrogen and oxygen atoms in total. The van der Waals surface area contributed by atoms with Gasteiger partial charge in [0.05, 0.1) is 12.1 Å². The minimum atomic E-state index is -0.773. The van der Waals surface area contributed by atoms with Crippen molar-refractivity contribution in [1.29, 1.82) is 0 Å². The van der Waals surface area contributed by atoms with E-state index in [9.17, 15) is 10.1 Å². The van der Waals surface area contributed by atoms with Crippen molar-refractivity contribution in [1.82, 2.24) is 0 Å². The largest absolute Gasteiger partial charge is 0.483 e. The summed E-state index contributed by atoms with van der Waals surface area (Å²) in [6.45, 7) is 0. The lowest BCUT2D eigenvalue weighted by Crippen LogP contribution is -1.85. The van der Waals surface area contributed by atoms with Crippen LogP contribution in [-0.4, -0.2) is 5.03 Å². The average molecular weight is 203 g/mol. The molecule has 0 N–H and O–H groups in total. The van der Waals surface area contributed by atoms with Crippen LogP contribution >= 0.6 is 0 Å². The molecule has 5 heteroatoms. The van der Waals surface area contributed by atoms with Gasteiger partial charge in [-0.2, -0.15) is 0 Å². The fraction of sp³-hybridized carbons (Fsp3) is 0. The average Bonchev–Trinajstić information content (AvgIpc) is 2.66. The third-order valence-electron chi connectivity index (χ3n) is 1.90. The second kappa shape index (κ2) is 3.83. The molecule has 0 atom stereocenters. The molecule has 0 spiro atoms. The zero-order chi connectivity index (χ0) is 10.7. The molecular formula is C10H7N2O3-. The van der Waals surface area contributed by atoms with Gasteiger partial charge in [0.25, 0.3) is 0 Å². The number of rotatable bonds is 3. The van der Waals surface area contributed by atoms with Gasteiger partial charge in [-0.1, -0.05) is 30.3 Å². The van der Waals surface area contributed by atoms with Crippen molar-refractivity contribution in [3.05, 3.63) is 58.2 Å². The molecule has 0 saturated carbocycles. The van der Waals surface area contributed by atoms with Crippen LogP contribution in [0.2, 0.25) is 0 Å². The number of benzene rings is 1. The third-order valence-corrected chi connectivity index (χ3v) is 1.90. The van der Waals surface area contributed by atoms with Crippen molar-refractivity contribution in [2.45, 2.75) is 0 Å². The van der Waals surface area contributed by atoms with E-state index in [0.29, 0.717) is 5.56 Å². The van der Waals surface area contributed by atoms with Crippen LogP contribution in [0.5, 0.6) is 0 Å². The van der Waals surface area contributed by atoms with E-state index in [2.05, 4.69) is 5.43 Å². The number of hydrogen-bond donors (Lipinski definition) is 0. The Balaban J connectivity index is 2.37. The van der Waals surface area contributed by atoms with Gasteiger partial charge >= 0.3 is 0 Å². The Morgan fingerprint density at radius 1 is 1.20 bits per heavy atom. The molecular weight excluding hydrogens is 196 g/mol. The minimum absolute atomic E-state index is 0.0196. The van der Waals surface area contributed by atoms with Crippen LogP contribution in [0, 0.1) is 10.1 Å². The predicted octanol–water partition coefficient (Wildman–Crippen LogP) is 3.14. The summed E-state index contributed by atoms with van der Waals surface area (Å²) in [6.07, 6.45) is 1.38. The van der Waals surface area contributed by atoms with Gasteiger partial charge < -0.3 is 9.84 Å². The second-order valence-corrected chi connectivity index (χ2v) is 2.84. The van der Waals surface area contributed by atoms with Gasteiger partial charge in [0.1, 0.15) is 0 Å². The lowest BCUT2D eigenvalue weighted by Gasteiger charge is -2.08. The van der Waals surface area contributed by atoms with E-state index in [1.165, 1.54) is 6.26 Å². The fourth-order valence-electron chi connectivity index (χ4n) is 1.29. The number of nitrogens with zero attached hydrogens (tertiary/aromatic N) is 2. The molecule has 0 aliphatic carbocycles. The maximum Gasteiger partial charge on any atom is 0.0892 e. The Labute approximate surface area is 85.5 Å². The first-order valence-corrected chi connectivity index (χ1v) is 4.26. The zero-order valence-electron chi connectivity index (χ0n) is 7.66. The molecule has 76 valence electrons. The molecule has 15 heavy (non-hydrogen) atoms. The molecule has 0 unspecified atom stereocenters. The van der Waals surface area contributed by atoms with E-state index in [4.69, 9.17) is 4.42 Å². The summed E-state index contributed by atoms with van der Waals surface area (Å²) in [4.78, 5) is 10.2. The molecule has 1 heterocycles. The zero-order valence-corrected chi connectivity index (χ0v) is 7.66. The minimum Gasteiger partial charge on any atom is -0.483 e. The summed E-state index contributed by atoms with van der Waals surface area (Å²) in [5.41, 5.74) is 4.61. The molecule has 0 aliphatic heterocycles. The van der Waals surface area contributed by atoms with Crippen LogP contribution < -0.4 is 0 Å². The first-order chi connectivity index (χ1) is 7.27. The van der Waals surface area contributed by atoms with Crippen LogP contribution in [0.1, 0.15) is 0 Å². The van der Waals surface area contributed by atoms with Gasteiger partial charge in [-0.25, -0.2) is 0 Å². The van der Waals surface area contributed by atoms with Crippen LogP contribution in [0.25, 0.3) is 16.6 Å². The van der Waals surface area contributed by atoms with Gasteiger partial charge in [0.15, 0.2) is 0 Å². The van der Waals surface area contributed by atoms with Gasteiger partial charge in [0, 0.05) is 5.56 Å². The van der Waals surface area contributed by atoms with Crippen molar-refractivity contribution in [2.24, 2.45) is 0 Å². The van der Waals surface area contributed by atoms with Crippen LogP contribution in [0.15, 0.2) is 47.1 Å². The van der Waals surface area contributed by atoms with Crippen LogP contribution in [0.4, 0.5) is 5.88 Å². The summed E-state index contributed by atoms with van der Waals surface area (Å²) >= 11 is 0. The maximum atomic E-state index is 10.2. The highest BCUT2D eigenvalue weighted by Gasteiger charge is 2.03. The smallest absolute Gasteiger partial charge is 0.0892 e. The highest BCUT2D eigenvalue weighted by Crippen LogP contribution is 2.33. The van der Waals surface area contributed by atoms with E-state index in [0.717, 1.165) is 5.56 Å². The Hall–Kier alpha value is -2.30. The summed E-state index contributed by atoms with van der Waals surface area (Å²) in [6, 6.07) is 10.9. The fourth-order valence-corrected chi connectivity index (χ4v) is 1.29. The maximum absolute atomic E-state index is 10.2. The number of nitro groups is 1. The summed E-state index contributed by atoms with van der Waals surface area (Å²) in [5, 5.41) is 9.46. The summed E-state index contributed by atoms with van der Waals surface area (Å²) in [7, 11) is 0. The summed E-state index contributed by atoms with van der Waals surface area (Å²) < 4.78 is 4.92. The third kappa shape index (κ3) is 1.96. The van der Waals surface area contributed by atoms with Crippen molar-refractivity contribution in [2.75, 3.05) is 0 Å². The van der Waals surface area contributed by atoms with Crippen LogP contribution in [0.3, 0.4) is 0 Å². The molecule has 0 saturated heterocycles. The first kappa shape index (κ1) is 9.26. The van der Waals surface area contributed by atoms with Gasteiger partial charge in [-0.15, -0.1) is 0 Å². The SMILES string of the molecule is O=[N+]([O-])[N-]c1occc1-c1ccccc1. The standard InChI is InChI=1S/C10H7N2O3/c13-12(14)11-10-9(6-7-15-10)8-4-2-1-3-5-8/h1-7H/q-1. The van der Waals surface area contributed by atoms with E-state index in [-0.39, 0.29) is 5.88 Å². The molecule has 2 aromatic rings. The molecule has 0 radical (unpaired) electrons. The van der Waals surface area contributed by atoms with E-state index in [1.54, 1.807) is 6.07 Å². The number of hydrogen-bond acceptors (Lipinski definition) is 3. The highest BCUT2D eigenvalue weighted by molar-refractivity contribution is 5.74. The number of furan rings is 1. The molecule has 0 fully saturated rings. The van der Waals surface area contributed by atoms with Crippen LogP contribution in [-0.2, 0) is 0 Å². The second-order valence-electron chi connectivity index (χ2n) is 2.84. The Morgan fingerprint density at radius 2 is 1.93 bits per heavy atom. The Bertz CT molecular complexity index is 465. The Morgan fingerprint density at radius 3 is 2.60 bits per heavy atom. The van der Waals surface area contributed by atoms with Gasteiger partial charge in [-0.3, -0.25) is 10.1 Å². The van der Waals surface area contributed by atoms with E-state index >= 15 is 0 Å². The molecule has 0 amide bonds. The molecule has 1 aromatic heterocycles. The van der Waals surface area contributed by atoms with E-state index < -0.39 is 5.03 Å². The molecule has 1 aromatic carbocycles. The first-order valence-electron chi connectivity index (χ1n) is 4.26. The molecule has 0 aliphatic rings. The molecule has 0 bridgehead atoms. The predicted molar refractivity (Wildman–Crippen MR) is 54.2 cm³/mol. The Kier molecular flexibility index (Phi) is 2.37. The quantitative estimate of drug-likeness (QED) is 0.568.